The predicted octanol–water partition coefficient (Wildman–Crippen LogP) is 8.07. The van der Waals surface area contributed by atoms with E-state index in [-0.39, 0.29) is 0 Å². The van der Waals surface area contributed by atoms with Crippen molar-refractivity contribution in [2.45, 2.75) is 35.3 Å². The molecule has 0 aromatic heterocycles. The fraction of sp³-hybridized carbons (Fsp3) is 0.190. The molecule has 0 unspecified atom stereocenters. The molecule has 5 aromatic carbocycles. The zero-order valence-corrected chi connectivity index (χ0v) is 27.3. The minimum atomic E-state index is -1.15. The lowest BCUT2D eigenvalue weighted by molar-refractivity contribution is -0.136. The summed E-state index contributed by atoms with van der Waals surface area (Å²) in [5, 5.41) is 11.6. The van der Waals surface area contributed by atoms with Crippen LogP contribution in [0.25, 0.3) is 6.08 Å². The van der Waals surface area contributed by atoms with Gasteiger partial charge in [-0.2, -0.15) is 0 Å². The molecule has 0 amide bonds. The van der Waals surface area contributed by atoms with Crippen LogP contribution in [0.5, 0.6) is 0 Å². The molecule has 242 valence electrons. The number of hydrogen-bond donors (Lipinski definition) is 1. The lowest BCUT2D eigenvalue weighted by Crippen LogP contribution is -2.56. The molecule has 48 heavy (non-hydrogen) atoms. The number of aliphatic hydroxyl groups is 1. The summed E-state index contributed by atoms with van der Waals surface area (Å²) in [5.74, 6) is -0.625. The Morgan fingerprint density at radius 1 is 0.604 bits per heavy atom. The highest BCUT2D eigenvalue weighted by molar-refractivity contribution is 6.48. The average Bonchev–Trinajstić information content (AvgIpc) is 3.59. The first-order valence-corrected chi connectivity index (χ1v) is 16.3. The zero-order chi connectivity index (χ0) is 33.4. The number of benzene rings is 5. The van der Waals surface area contributed by atoms with Gasteiger partial charge in [-0.1, -0.05) is 170 Å². The van der Waals surface area contributed by atoms with E-state index in [2.05, 4.69) is 6.58 Å². The highest BCUT2D eigenvalue weighted by Crippen LogP contribution is 2.51. The van der Waals surface area contributed by atoms with E-state index in [1.54, 1.807) is 26.4 Å². The van der Waals surface area contributed by atoms with Gasteiger partial charge in [0.15, 0.2) is 0 Å². The lowest BCUT2D eigenvalue weighted by atomic mass is 9.68. The van der Waals surface area contributed by atoms with Crippen LogP contribution in [0, 0.1) is 0 Å². The van der Waals surface area contributed by atoms with Crippen molar-refractivity contribution in [2.75, 3.05) is 14.2 Å². The normalized spacial score (nSPS) is 18.1. The van der Waals surface area contributed by atoms with Crippen LogP contribution in [0.3, 0.4) is 0 Å². The standard InChI is InChI=1S/C42H41BO5/c1-4-37(38(44)31-30-32-20-10-5-11-21-32)43-47-39(41(45-2,33-22-12-6-13-23-33)34-24-14-7-15-25-34)40(48-43)42(46-3,35-26-16-8-17-27-35)36-28-18-9-19-29-36/h4-31,37-40,44H,1H2,2-3H3/b31-30+/t37-,38-,39-,40-/m1/s1. The van der Waals surface area contributed by atoms with Gasteiger partial charge in [-0.3, -0.25) is 0 Å². The maximum Gasteiger partial charge on any atom is 0.468 e. The summed E-state index contributed by atoms with van der Waals surface area (Å²) in [6.07, 6.45) is 2.85. The maximum absolute atomic E-state index is 11.6. The first-order chi connectivity index (χ1) is 23.6. The molecular formula is C42H41BO5. The monoisotopic (exact) mass is 636 g/mol. The molecule has 0 bridgehead atoms. The van der Waals surface area contributed by atoms with Crippen molar-refractivity contribution >= 4 is 13.2 Å². The molecule has 1 aliphatic rings. The van der Waals surface area contributed by atoms with E-state index in [1.165, 1.54) is 0 Å². The van der Waals surface area contributed by atoms with E-state index < -0.39 is 42.4 Å². The molecule has 1 saturated heterocycles. The Labute approximate surface area is 284 Å². The van der Waals surface area contributed by atoms with Gasteiger partial charge in [0.25, 0.3) is 0 Å². The Bertz CT molecular complexity index is 1570. The summed E-state index contributed by atoms with van der Waals surface area (Å²) in [5.41, 5.74) is 2.25. The van der Waals surface area contributed by atoms with Crippen LogP contribution in [-0.4, -0.2) is 44.8 Å². The lowest BCUT2D eigenvalue weighted by Gasteiger charge is -2.47. The number of rotatable bonds is 13. The molecule has 1 heterocycles. The molecule has 0 spiro atoms. The quantitative estimate of drug-likeness (QED) is 0.105. The van der Waals surface area contributed by atoms with Gasteiger partial charge < -0.3 is 23.9 Å². The van der Waals surface area contributed by atoms with Gasteiger partial charge in [0.2, 0.25) is 0 Å². The van der Waals surface area contributed by atoms with Crippen molar-refractivity contribution in [2.24, 2.45) is 0 Å². The van der Waals surface area contributed by atoms with E-state index in [1.807, 2.05) is 158 Å². The summed E-state index contributed by atoms with van der Waals surface area (Å²) in [7, 11) is 2.50. The van der Waals surface area contributed by atoms with Crippen molar-refractivity contribution in [3.05, 3.63) is 198 Å². The second kappa shape index (κ2) is 15.1. The summed E-state index contributed by atoms with van der Waals surface area (Å²) in [4.78, 5) is 0. The zero-order valence-electron chi connectivity index (χ0n) is 27.3. The van der Waals surface area contributed by atoms with Gasteiger partial charge in [0.05, 0.1) is 6.10 Å². The minimum Gasteiger partial charge on any atom is -0.401 e. The Hall–Kier alpha value is -4.56. The molecule has 0 aliphatic carbocycles. The predicted molar refractivity (Wildman–Crippen MR) is 192 cm³/mol. The fourth-order valence-corrected chi connectivity index (χ4v) is 7.01. The molecule has 5 aromatic rings. The Balaban J connectivity index is 1.56. The van der Waals surface area contributed by atoms with Gasteiger partial charge in [-0.05, 0) is 27.8 Å². The highest BCUT2D eigenvalue weighted by Gasteiger charge is 2.63. The maximum atomic E-state index is 11.6. The minimum absolute atomic E-state index is 0.625. The fourth-order valence-electron chi connectivity index (χ4n) is 7.01. The average molecular weight is 637 g/mol. The third kappa shape index (κ3) is 6.21. The second-order valence-electron chi connectivity index (χ2n) is 11.9. The van der Waals surface area contributed by atoms with Gasteiger partial charge in [0.1, 0.15) is 23.4 Å². The highest BCUT2D eigenvalue weighted by atomic mass is 16.7. The van der Waals surface area contributed by atoms with E-state index in [9.17, 15) is 5.11 Å². The Kier molecular flexibility index (Phi) is 10.5. The Morgan fingerprint density at radius 3 is 1.25 bits per heavy atom. The topological polar surface area (TPSA) is 57.2 Å². The number of methoxy groups -OCH3 is 2. The van der Waals surface area contributed by atoms with Crippen molar-refractivity contribution in [3.8, 4) is 0 Å². The van der Waals surface area contributed by atoms with E-state index in [4.69, 9.17) is 18.8 Å². The molecule has 0 radical (unpaired) electrons. The van der Waals surface area contributed by atoms with Crippen LogP contribution < -0.4 is 0 Å². The molecule has 1 aliphatic heterocycles. The molecule has 4 atom stereocenters. The number of ether oxygens (including phenoxy) is 2. The molecule has 0 saturated carbocycles. The molecule has 6 rings (SSSR count). The van der Waals surface area contributed by atoms with E-state index in [0.717, 1.165) is 27.8 Å². The van der Waals surface area contributed by atoms with E-state index in [0.29, 0.717) is 0 Å². The largest absolute Gasteiger partial charge is 0.468 e. The number of aliphatic hydroxyl groups excluding tert-OH is 1. The van der Waals surface area contributed by atoms with Crippen LogP contribution >= 0.6 is 0 Å². The van der Waals surface area contributed by atoms with Crippen LogP contribution in [0.4, 0.5) is 0 Å². The molecule has 1 N–H and O–H groups in total. The van der Waals surface area contributed by atoms with Gasteiger partial charge in [-0.15, -0.1) is 6.58 Å². The third-order valence-electron chi connectivity index (χ3n) is 9.36. The molecule has 1 fully saturated rings. The van der Waals surface area contributed by atoms with Crippen molar-refractivity contribution in [1.29, 1.82) is 0 Å². The summed E-state index contributed by atoms with van der Waals surface area (Å²) >= 11 is 0. The van der Waals surface area contributed by atoms with Crippen LogP contribution in [-0.2, 0) is 30.0 Å². The summed E-state index contributed by atoms with van der Waals surface area (Å²) < 4.78 is 27.6. The van der Waals surface area contributed by atoms with Gasteiger partial charge >= 0.3 is 7.12 Å². The third-order valence-corrected chi connectivity index (χ3v) is 9.36. The summed E-state index contributed by atoms with van der Waals surface area (Å²) in [6, 6.07) is 50.2. The van der Waals surface area contributed by atoms with Crippen molar-refractivity contribution < 1.29 is 23.9 Å². The van der Waals surface area contributed by atoms with E-state index >= 15 is 0 Å². The van der Waals surface area contributed by atoms with Crippen molar-refractivity contribution in [3.63, 3.8) is 0 Å². The molecular weight excluding hydrogens is 595 g/mol. The van der Waals surface area contributed by atoms with Crippen LogP contribution in [0.1, 0.15) is 27.8 Å². The van der Waals surface area contributed by atoms with Crippen molar-refractivity contribution in [1.82, 2.24) is 0 Å². The van der Waals surface area contributed by atoms with Gasteiger partial charge in [0, 0.05) is 20.0 Å². The Morgan fingerprint density at radius 2 is 0.938 bits per heavy atom. The molecule has 6 heteroatoms. The van der Waals surface area contributed by atoms with Crippen LogP contribution in [0.2, 0.25) is 5.82 Å². The summed E-state index contributed by atoms with van der Waals surface area (Å²) in [6.45, 7) is 4.11. The SMILES string of the molecule is C=C[C@@H](B1O[C@@H](C(OC)(c2ccccc2)c2ccccc2)[C@H](C(OC)(c2ccccc2)c2ccccc2)O1)[C@H](O)/C=C/c1ccccc1. The molecule has 5 nitrogen and oxygen atoms in total. The number of hydrogen-bond acceptors (Lipinski definition) is 5. The first kappa shape index (κ1) is 33.3. The van der Waals surface area contributed by atoms with Crippen LogP contribution in [0.15, 0.2) is 170 Å². The second-order valence-corrected chi connectivity index (χ2v) is 11.9. The smallest absolute Gasteiger partial charge is 0.401 e. The van der Waals surface area contributed by atoms with Gasteiger partial charge in [-0.25, -0.2) is 0 Å². The first-order valence-electron chi connectivity index (χ1n) is 16.3.